The van der Waals surface area contributed by atoms with E-state index in [0.717, 1.165) is 12.8 Å². The molecule has 0 saturated carbocycles. The molecule has 2 heterocycles. The SMILES string of the molecule is O=C(O)c1cccc(N2CCC(Oc3ccc([N+](=O)[O-])cc3)CC2)n1. The van der Waals surface area contributed by atoms with Crippen LogP contribution in [0.25, 0.3) is 0 Å². The normalized spacial score (nSPS) is 15.0. The Morgan fingerprint density at radius 2 is 1.88 bits per heavy atom. The monoisotopic (exact) mass is 343 g/mol. The first kappa shape index (κ1) is 16.7. The van der Waals surface area contributed by atoms with Gasteiger partial charge in [-0.2, -0.15) is 0 Å². The van der Waals surface area contributed by atoms with Gasteiger partial charge < -0.3 is 14.7 Å². The van der Waals surface area contributed by atoms with Gasteiger partial charge in [0.15, 0.2) is 5.69 Å². The van der Waals surface area contributed by atoms with Crippen molar-refractivity contribution in [2.24, 2.45) is 0 Å². The number of benzene rings is 1. The first-order valence-electron chi connectivity index (χ1n) is 7.89. The van der Waals surface area contributed by atoms with Crippen LogP contribution in [0.3, 0.4) is 0 Å². The second-order valence-corrected chi connectivity index (χ2v) is 5.74. The second kappa shape index (κ2) is 7.16. The Labute approximate surface area is 143 Å². The molecular formula is C17H17N3O5. The maximum Gasteiger partial charge on any atom is 0.354 e. The summed E-state index contributed by atoms with van der Waals surface area (Å²) in [6, 6.07) is 11.0. The largest absolute Gasteiger partial charge is 0.490 e. The van der Waals surface area contributed by atoms with Gasteiger partial charge in [0.1, 0.15) is 17.7 Å². The lowest BCUT2D eigenvalue weighted by molar-refractivity contribution is -0.384. The number of non-ortho nitro benzene ring substituents is 1. The van der Waals surface area contributed by atoms with Gasteiger partial charge in [-0.15, -0.1) is 0 Å². The quantitative estimate of drug-likeness (QED) is 0.657. The highest BCUT2D eigenvalue weighted by molar-refractivity contribution is 5.85. The van der Waals surface area contributed by atoms with Gasteiger partial charge in [-0.3, -0.25) is 10.1 Å². The number of pyridine rings is 1. The van der Waals surface area contributed by atoms with Gasteiger partial charge in [0.05, 0.1) is 4.92 Å². The minimum absolute atomic E-state index is 0.0142. The number of nitro groups is 1. The lowest BCUT2D eigenvalue weighted by atomic mass is 10.1. The van der Waals surface area contributed by atoms with E-state index in [4.69, 9.17) is 9.84 Å². The Morgan fingerprint density at radius 3 is 2.48 bits per heavy atom. The number of ether oxygens (including phenoxy) is 1. The summed E-state index contributed by atoms with van der Waals surface area (Å²) in [5.74, 6) is 0.210. The summed E-state index contributed by atoms with van der Waals surface area (Å²) in [7, 11) is 0. The van der Waals surface area contributed by atoms with Gasteiger partial charge in [-0.05, 0) is 24.3 Å². The molecule has 0 spiro atoms. The van der Waals surface area contributed by atoms with E-state index in [9.17, 15) is 14.9 Å². The standard InChI is InChI=1S/C17H17N3O5/c21-17(22)15-2-1-3-16(18-15)19-10-8-14(9-11-19)25-13-6-4-12(5-7-13)20(23)24/h1-7,14H,8-11H2,(H,21,22). The Hall–Kier alpha value is -3.16. The van der Waals surface area contributed by atoms with E-state index >= 15 is 0 Å². The predicted octanol–water partition coefficient (Wildman–Crippen LogP) is 2.74. The summed E-state index contributed by atoms with van der Waals surface area (Å²) in [5, 5.41) is 19.7. The molecule has 1 aromatic carbocycles. The average Bonchev–Trinajstić information content (AvgIpc) is 2.63. The van der Waals surface area contributed by atoms with Crippen molar-refractivity contribution >= 4 is 17.5 Å². The van der Waals surface area contributed by atoms with Gasteiger partial charge in [0, 0.05) is 38.1 Å². The zero-order valence-corrected chi connectivity index (χ0v) is 13.4. The highest BCUT2D eigenvalue weighted by atomic mass is 16.6. The van der Waals surface area contributed by atoms with Crippen LogP contribution >= 0.6 is 0 Å². The third-order valence-electron chi connectivity index (χ3n) is 4.07. The fourth-order valence-corrected chi connectivity index (χ4v) is 2.76. The van der Waals surface area contributed by atoms with Gasteiger partial charge in [-0.1, -0.05) is 6.07 Å². The molecule has 1 fully saturated rings. The summed E-state index contributed by atoms with van der Waals surface area (Å²) < 4.78 is 5.87. The van der Waals surface area contributed by atoms with Gasteiger partial charge >= 0.3 is 5.97 Å². The fourth-order valence-electron chi connectivity index (χ4n) is 2.76. The van der Waals surface area contributed by atoms with Crippen molar-refractivity contribution in [3.63, 3.8) is 0 Å². The number of carboxylic acids is 1. The van der Waals surface area contributed by atoms with E-state index in [1.54, 1.807) is 24.3 Å². The number of nitrogens with zero attached hydrogens (tertiary/aromatic N) is 3. The molecule has 1 aromatic heterocycles. The van der Waals surface area contributed by atoms with Crippen molar-refractivity contribution in [2.45, 2.75) is 18.9 Å². The molecule has 8 nitrogen and oxygen atoms in total. The Balaban J connectivity index is 1.57. The van der Waals surface area contributed by atoms with Crippen LogP contribution in [0.15, 0.2) is 42.5 Å². The van der Waals surface area contributed by atoms with Crippen molar-refractivity contribution in [3.05, 3.63) is 58.3 Å². The lowest BCUT2D eigenvalue weighted by Gasteiger charge is -2.33. The number of hydrogen-bond acceptors (Lipinski definition) is 6. The molecule has 0 radical (unpaired) electrons. The highest BCUT2D eigenvalue weighted by Gasteiger charge is 2.22. The Kier molecular flexibility index (Phi) is 4.78. The Morgan fingerprint density at radius 1 is 1.20 bits per heavy atom. The maximum atomic E-state index is 11.0. The fraction of sp³-hybridized carbons (Fsp3) is 0.294. The first-order valence-corrected chi connectivity index (χ1v) is 7.89. The van der Waals surface area contributed by atoms with Gasteiger partial charge in [0.25, 0.3) is 5.69 Å². The zero-order valence-electron chi connectivity index (χ0n) is 13.4. The predicted molar refractivity (Wildman–Crippen MR) is 90.2 cm³/mol. The van der Waals surface area contributed by atoms with Crippen molar-refractivity contribution in [3.8, 4) is 5.75 Å². The molecule has 0 aliphatic carbocycles. The van der Waals surface area contributed by atoms with E-state index in [1.807, 2.05) is 4.90 Å². The van der Waals surface area contributed by atoms with Crippen molar-refractivity contribution in [1.29, 1.82) is 0 Å². The molecule has 130 valence electrons. The van der Waals surface area contributed by atoms with Gasteiger partial charge in [-0.25, -0.2) is 9.78 Å². The molecule has 1 aliphatic rings. The van der Waals surface area contributed by atoms with Crippen LogP contribution in [0, 0.1) is 10.1 Å². The molecule has 25 heavy (non-hydrogen) atoms. The number of aromatic carboxylic acids is 1. The minimum Gasteiger partial charge on any atom is -0.490 e. The minimum atomic E-state index is -1.04. The van der Waals surface area contributed by atoms with E-state index in [1.165, 1.54) is 18.2 Å². The topological polar surface area (TPSA) is 106 Å². The molecule has 0 bridgehead atoms. The van der Waals surface area contributed by atoms with E-state index < -0.39 is 10.9 Å². The van der Waals surface area contributed by atoms with Crippen LogP contribution in [0.2, 0.25) is 0 Å². The number of carboxylic acid groups (broad SMARTS) is 1. The van der Waals surface area contributed by atoms with Crippen LogP contribution < -0.4 is 9.64 Å². The molecule has 0 atom stereocenters. The average molecular weight is 343 g/mol. The number of aromatic nitrogens is 1. The summed E-state index contributed by atoms with van der Waals surface area (Å²) >= 11 is 0. The van der Waals surface area contributed by atoms with E-state index in [0.29, 0.717) is 24.7 Å². The number of rotatable bonds is 5. The summed E-state index contributed by atoms with van der Waals surface area (Å²) in [6.45, 7) is 1.40. The van der Waals surface area contributed by atoms with Gasteiger partial charge in [0.2, 0.25) is 0 Å². The van der Waals surface area contributed by atoms with Crippen molar-refractivity contribution < 1.29 is 19.6 Å². The van der Waals surface area contributed by atoms with Crippen LogP contribution in [-0.2, 0) is 0 Å². The van der Waals surface area contributed by atoms with Crippen molar-refractivity contribution in [1.82, 2.24) is 4.98 Å². The molecular weight excluding hydrogens is 326 g/mol. The van der Waals surface area contributed by atoms with Crippen LogP contribution in [-0.4, -0.2) is 40.2 Å². The summed E-state index contributed by atoms with van der Waals surface area (Å²) in [6.07, 6.45) is 1.53. The van der Waals surface area contributed by atoms with E-state index in [-0.39, 0.29) is 17.5 Å². The number of nitro benzene ring substituents is 1. The highest BCUT2D eigenvalue weighted by Crippen LogP contribution is 2.24. The molecule has 1 saturated heterocycles. The molecule has 1 aliphatic heterocycles. The molecule has 3 rings (SSSR count). The van der Waals surface area contributed by atoms with Crippen LogP contribution in [0.4, 0.5) is 11.5 Å². The third-order valence-corrected chi connectivity index (χ3v) is 4.07. The lowest BCUT2D eigenvalue weighted by Crippen LogP contribution is -2.38. The van der Waals surface area contributed by atoms with Crippen LogP contribution in [0.1, 0.15) is 23.3 Å². The zero-order chi connectivity index (χ0) is 17.8. The number of anilines is 1. The maximum absolute atomic E-state index is 11.0. The molecule has 0 amide bonds. The number of carbonyl (C=O) groups is 1. The number of piperidine rings is 1. The molecule has 1 N–H and O–H groups in total. The van der Waals surface area contributed by atoms with Crippen molar-refractivity contribution in [2.75, 3.05) is 18.0 Å². The molecule has 8 heteroatoms. The van der Waals surface area contributed by atoms with E-state index in [2.05, 4.69) is 4.98 Å². The summed E-state index contributed by atoms with van der Waals surface area (Å²) in [5.41, 5.74) is 0.0632. The smallest absolute Gasteiger partial charge is 0.354 e. The third kappa shape index (κ3) is 4.03. The first-order chi connectivity index (χ1) is 12.0. The number of hydrogen-bond donors (Lipinski definition) is 1. The Bertz CT molecular complexity index is 770. The molecule has 2 aromatic rings. The summed E-state index contributed by atoms with van der Waals surface area (Å²) in [4.78, 5) is 27.4. The second-order valence-electron chi connectivity index (χ2n) is 5.74. The molecule has 0 unspecified atom stereocenters. The van der Waals surface area contributed by atoms with Crippen LogP contribution in [0.5, 0.6) is 5.75 Å².